The number of benzene rings is 2. The molecular formula is C27H29NO6. The third-order valence-electron chi connectivity index (χ3n) is 7.56. The minimum atomic E-state index is -0.823. The molecule has 4 aliphatic rings. The smallest absolute Gasteiger partial charge is 0.307 e. The molecule has 2 aromatic rings. The maximum Gasteiger partial charge on any atom is 0.307 e. The van der Waals surface area contributed by atoms with Gasteiger partial charge in [-0.05, 0) is 73.8 Å². The summed E-state index contributed by atoms with van der Waals surface area (Å²) < 4.78 is 16.9. The molecule has 1 aliphatic heterocycles. The van der Waals surface area contributed by atoms with Gasteiger partial charge in [0.25, 0.3) is 11.8 Å². The summed E-state index contributed by atoms with van der Waals surface area (Å²) in [4.78, 5) is 39.9. The highest BCUT2D eigenvalue weighted by molar-refractivity contribution is 6.21. The molecule has 2 atom stereocenters. The predicted molar refractivity (Wildman–Crippen MR) is 124 cm³/mol. The van der Waals surface area contributed by atoms with Crippen LogP contribution in [0.5, 0.6) is 11.5 Å². The number of imide groups is 1. The van der Waals surface area contributed by atoms with Crippen LogP contribution < -0.4 is 9.47 Å². The fraction of sp³-hybridized carbons (Fsp3) is 0.444. The lowest BCUT2D eigenvalue weighted by molar-refractivity contribution is -0.141. The zero-order valence-electron chi connectivity index (χ0n) is 19.5. The van der Waals surface area contributed by atoms with Crippen molar-refractivity contribution < 1.29 is 28.6 Å². The second-order valence-electron chi connectivity index (χ2n) is 9.41. The predicted octanol–water partition coefficient (Wildman–Crippen LogP) is 4.55. The molecule has 2 aromatic carbocycles. The van der Waals surface area contributed by atoms with Gasteiger partial charge in [0.15, 0.2) is 11.5 Å². The van der Waals surface area contributed by atoms with Gasteiger partial charge in [-0.15, -0.1) is 0 Å². The second-order valence-corrected chi connectivity index (χ2v) is 9.41. The number of hydrogen-bond acceptors (Lipinski definition) is 6. The Morgan fingerprint density at radius 3 is 2.21 bits per heavy atom. The van der Waals surface area contributed by atoms with Gasteiger partial charge in [0.2, 0.25) is 0 Å². The van der Waals surface area contributed by atoms with Gasteiger partial charge in [0.1, 0.15) is 6.10 Å². The van der Waals surface area contributed by atoms with Crippen molar-refractivity contribution in [3.05, 3.63) is 59.2 Å². The Bertz CT molecular complexity index is 1080. The van der Waals surface area contributed by atoms with Crippen molar-refractivity contribution in [2.45, 2.75) is 50.7 Å². The van der Waals surface area contributed by atoms with Crippen LogP contribution in [0, 0.1) is 11.8 Å². The molecule has 178 valence electrons. The summed E-state index contributed by atoms with van der Waals surface area (Å²) in [7, 11) is 2.88. The third kappa shape index (κ3) is 3.93. The number of fused-ring (bicyclic) bond motifs is 4. The number of methoxy groups -OCH3 is 2. The van der Waals surface area contributed by atoms with E-state index < -0.39 is 23.8 Å². The van der Waals surface area contributed by atoms with Crippen molar-refractivity contribution >= 4 is 17.8 Å². The Morgan fingerprint density at radius 2 is 1.65 bits per heavy atom. The highest BCUT2D eigenvalue weighted by Gasteiger charge is 2.42. The first kappa shape index (κ1) is 22.4. The van der Waals surface area contributed by atoms with Gasteiger partial charge in [-0.25, -0.2) is 0 Å². The lowest BCUT2D eigenvalue weighted by Gasteiger charge is -2.42. The maximum absolute atomic E-state index is 13.2. The molecule has 7 heteroatoms. The number of esters is 1. The average Bonchev–Trinajstić information content (AvgIpc) is 3.13. The molecule has 2 unspecified atom stereocenters. The van der Waals surface area contributed by atoms with Gasteiger partial charge in [-0.2, -0.15) is 0 Å². The summed E-state index contributed by atoms with van der Waals surface area (Å²) in [6.45, 7) is 0. The van der Waals surface area contributed by atoms with Crippen molar-refractivity contribution in [2.75, 3.05) is 14.2 Å². The van der Waals surface area contributed by atoms with Gasteiger partial charge in [-0.3, -0.25) is 19.3 Å². The molecule has 2 bridgehead atoms. The normalized spacial score (nSPS) is 24.1. The van der Waals surface area contributed by atoms with Crippen LogP contribution in [0.3, 0.4) is 0 Å². The zero-order chi connectivity index (χ0) is 23.8. The molecule has 3 fully saturated rings. The largest absolute Gasteiger partial charge is 0.493 e. The number of carbonyl (C=O) groups is 3. The van der Waals surface area contributed by atoms with E-state index >= 15 is 0 Å². The molecule has 0 radical (unpaired) electrons. The first-order chi connectivity index (χ1) is 16.5. The van der Waals surface area contributed by atoms with E-state index in [2.05, 4.69) is 0 Å². The minimum absolute atomic E-state index is 0.120. The third-order valence-corrected chi connectivity index (χ3v) is 7.56. The molecule has 1 heterocycles. The van der Waals surface area contributed by atoms with Crippen LogP contribution in [0.1, 0.15) is 70.8 Å². The Balaban J connectivity index is 1.49. The zero-order valence-corrected chi connectivity index (χ0v) is 19.5. The number of ether oxygens (including phenoxy) is 3. The highest BCUT2D eigenvalue weighted by atomic mass is 16.5. The van der Waals surface area contributed by atoms with Gasteiger partial charge in [-0.1, -0.05) is 18.2 Å². The molecular weight excluding hydrogens is 434 g/mol. The summed E-state index contributed by atoms with van der Waals surface area (Å²) in [6.07, 6.45) is 5.89. The molecule has 6 rings (SSSR count). The Hall–Kier alpha value is -3.35. The second kappa shape index (κ2) is 9.12. The van der Waals surface area contributed by atoms with Crippen LogP contribution in [0.25, 0.3) is 0 Å². The van der Waals surface area contributed by atoms with Crippen LogP contribution in [-0.4, -0.2) is 43.0 Å². The number of carbonyl (C=O) groups excluding carboxylic acids is 3. The Morgan fingerprint density at radius 1 is 0.971 bits per heavy atom. The topological polar surface area (TPSA) is 82.1 Å². The van der Waals surface area contributed by atoms with E-state index in [1.165, 1.54) is 32.8 Å². The van der Waals surface area contributed by atoms with Gasteiger partial charge in [0, 0.05) is 0 Å². The van der Waals surface area contributed by atoms with Crippen LogP contribution in [0.2, 0.25) is 0 Å². The monoisotopic (exact) mass is 463 g/mol. The first-order valence-corrected chi connectivity index (χ1v) is 11.9. The van der Waals surface area contributed by atoms with E-state index in [0.717, 1.165) is 11.3 Å². The molecule has 34 heavy (non-hydrogen) atoms. The van der Waals surface area contributed by atoms with Gasteiger partial charge in [0.05, 0.1) is 37.8 Å². The van der Waals surface area contributed by atoms with Crippen LogP contribution in [0.4, 0.5) is 0 Å². The number of rotatable bonds is 7. The SMILES string of the molecule is COC(=O)CC(c1ccc(OC)c(OC2CC3CCC2CC3)c1)N1C(=O)c2ccccc2C1=O. The number of hydrogen-bond donors (Lipinski definition) is 0. The quantitative estimate of drug-likeness (QED) is 0.443. The number of nitrogens with zero attached hydrogens (tertiary/aromatic N) is 1. The van der Waals surface area contributed by atoms with Crippen LogP contribution in [-0.2, 0) is 9.53 Å². The molecule has 2 amide bonds. The van der Waals surface area contributed by atoms with Crippen molar-refractivity contribution in [3.63, 3.8) is 0 Å². The first-order valence-electron chi connectivity index (χ1n) is 11.9. The Kier molecular flexibility index (Phi) is 6.02. The molecule has 0 saturated heterocycles. The van der Waals surface area contributed by atoms with Crippen molar-refractivity contribution in [1.29, 1.82) is 0 Å². The summed E-state index contributed by atoms with van der Waals surface area (Å²) in [6, 6.07) is 11.2. The standard InChI is InChI=1S/C27H29NO6/c1-32-22-12-11-18(14-24(22)34-23-13-16-7-9-17(23)10-8-16)21(15-25(29)33-2)28-26(30)19-5-3-4-6-20(19)27(28)31/h3-6,11-12,14,16-17,21,23H,7-10,13,15H2,1-2H3. The van der Waals surface area contributed by atoms with Gasteiger partial charge < -0.3 is 14.2 Å². The average molecular weight is 464 g/mol. The van der Waals surface area contributed by atoms with Crippen molar-refractivity contribution in [1.82, 2.24) is 4.90 Å². The van der Waals surface area contributed by atoms with E-state index in [4.69, 9.17) is 14.2 Å². The fourth-order valence-electron chi connectivity index (χ4n) is 5.71. The summed E-state index contributed by atoms with van der Waals surface area (Å²) in [5, 5.41) is 0. The molecule has 0 N–H and O–H groups in total. The fourth-order valence-corrected chi connectivity index (χ4v) is 5.71. The lowest BCUT2D eigenvalue weighted by atomic mass is 9.69. The number of amides is 2. The van der Waals surface area contributed by atoms with E-state index in [1.54, 1.807) is 49.6 Å². The highest BCUT2D eigenvalue weighted by Crippen LogP contribution is 2.45. The molecule has 3 aliphatic carbocycles. The molecule has 7 nitrogen and oxygen atoms in total. The lowest BCUT2D eigenvalue weighted by Crippen LogP contribution is -2.39. The van der Waals surface area contributed by atoms with E-state index in [-0.39, 0.29) is 12.5 Å². The van der Waals surface area contributed by atoms with E-state index in [9.17, 15) is 14.4 Å². The molecule has 0 spiro atoms. The Labute approximate surface area is 199 Å². The van der Waals surface area contributed by atoms with E-state index in [1.807, 2.05) is 0 Å². The minimum Gasteiger partial charge on any atom is -0.493 e. The summed E-state index contributed by atoms with van der Waals surface area (Å²) in [5.74, 6) is 1.04. The van der Waals surface area contributed by atoms with Crippen molar-refractivity contribution in [3.8, 4) is 11.5 Å². The molecule has 0 aromatic heterocycles. The van der Waals surface area contributed by atoms with E-state index in [0.29, 0.717) is 40.0 Å². The van der Waals surface area contributed by atoms with Crippen LogP contribution in [0.15, 0.2) is 42.5 Å². The van der Waals surface area contributed by atoms with Crippen LogP contribution >= 0.6 is 0 Å². The molecule has 3 saturated carbocycles. The van der Waals surface area contributed by atoms with Crippen molar-refractivity contribution in [2.24, 2.45) is 11.8 Å². The summed E-state index contributed by atoms with van der Waals surface area (Å²) in [5.41, 5.74) is 1.30. The maximum atomic E-state index is 13.2. The summed E-state index contributed by atoms with van der Waals surface area (Å²) >= 11 is 0. The van der Waals surface area contributed by atoms with Gasteiger partial charge >= 0.3 is 5.97 Å².